The monoisotopic (exact) mass is 296 g/mol. The molecule has 0 aromatic heterocycles. The summed E-state index contributed by atoms with van der Waals surface area (Å²) in [4.78, 5) is 11.0. The Morgan fingerprint density at radius 2 is 1.61 bits per heavy atom. The second-order valence-electron chi connectivity index (χ2n) is 4.80. The number of rotatable bonds is 4. The van der Waals surface area contributed by atoms with Crippen molar-refractivity contribution in [1.82, 2.24) is 10.4 Å². The molecule has 2 rings (SSSR count). The summed E-state index contributed by atoms with van der Waals surface area (Å²) in [5.74, 6) is 0.127. The van der Waals surface area contributed by atoms with Gasteiger partial charge in [-0.25, -0.2) is 22.3 Å². The summed E-state index contributed by atoms with van der Waals surface area (Å²) in [6.07, 6.45) is 1.39. The van der Waals surface area contributed by atoms with E-state index < -0.39 is 25.7 Å². The number of nitrogens with one attached hydrogen (secondary N) is 1. The molecule has 0 unspecified atom stereocenters. The van der Waals surface area contributed by atoms with Gasteiger partial charge in [0.2, 0.25) is 6.41 Å². The molecule has 2 fully saturated rings. The Balaban J connectivity index is 1.97. The summed E-state index contributed by atoms with van der Waals surface area (Å²) in [5.41, 5.74) is 2.82. The zero-order valence-corrected chi connectivity index (χ0v) is 11.4. The van der Waals surface area contributed by atoms with Crippen molar-refractivity contribution in [2.24, 2.45) is 0 Å². The van der Waals surface area contributed by atoms with E-state index in [2.05, 4.69) is 5.43 Å². The molecule has 2 atom stereocenters. The first-order valence-electron chi connectivity index (χ1n) is 5.72. The largest absolute Gasteiger partial charge is 0.277 e. The minimum atomic E-state index is -3.07. The molecule has 0 aromatic carbocycles. The Hall–Kier alpha value is -0.670. The maximum absolute atomic E-state index is 11.3. The van der Waals surface area contributed by atoms with E-state index in [1.165, 1.54) is 5.01 Å². The molecule has 18 heavy (non-hydrogen) atoms. The van der Waals surface area contributed by atoms with Crippen LogP contribution in [0.25, 0.3) is 0 Å². The number of hydrogen-bond acceptors (Lipinski definition) is 6. The first-order chi connectivity index (χ1) is 8.31. The van der Waals surface area contributed by atoms with E-state index in [1.807, 2.05) is 0 Å². The lowest BCUT2D eigenvalue weighted by atomic mass is 10.2. The Bertz CT molecular complexity index is 527. The molecular weight excluding hydrogens is 280 g/mol. The predicted octanol–water partition coefficient (Wildman–Crippen LogP) is -1.68. The zero-order valence-electron chi connectivity index (χ0n) is 9.78. The maximum Gasteiger partial charge on any atom is 0.224 e. The average molecular weight is 296 g/mol. The van der Waals surface area contributed by atoms with Gasteiger partial charge in [0, 0.05) is 6.04 Å². The van der Waals surface area contributed by atoms with Crippen LogP contribution in [0.1, 0.15) is 12.8 Å². The van der Waals surface area contributed by atoms with Crippen LogP contribution in [0.3, 0.4) is 0 Å². The fourth-order valence-corrected chi connectivity index (χ4v) is 5.70. The summed E-state index contributed by atoms with van der Waals surface area (Å²) in [6, 6.07) is -0.695. The van der Waals surface area contributed by atoms with Gasteiger partial charge in [0.1, 0.15) is 0 Å². The van der Waals surface area contributed by atoms with Crippen LogP contribution in [0.5, 0.6) is 0 Å². The highest BCUT2D eigenvalue weighted by molar-refractivity contribution is 7.91. The molecule has 104 valence electrons. The van der Waals surface area contributed by atoms with Gasteiger partial charge < -0.3 is 0 Å². The van der Waals surface area contributed by atoms with Crippen LogP contribution in [0.4, 0.5) is 0 Å². The molecule has 0 bridgehead atoms. The highest BCUT2D eigenvalue weighted by atomic mass is 32.2. The highest BCUT2D eigenvalue weighted by Gasteiger charge is 2.35. The quantitative estimate of drug-likeness (QED) is 0.491. The van der Waals surface area contributed by atoms with Crippen LogP contribution in [-0.2, 0) is 24.5 Å². The number of sulfone groups is 2. The molecule has 0 saturated carbocycles. The van der Waals surface area contributed by atoms with Gasteiger partial charge in [0.15, 0.2) is 19.7 Å². The Morgan fingerprint density at radius 1 is 1.00 bits per heavy atom. The maximum atomic E-state index is 11.3. The summed E-state index contributed by atoms with van der Waals surface area (Å²) < 4.78 is 45.3. The molecule has 1 N–H and O–H groups in total. The molecule has 2 aliphatic rings. The smallest absolute Gasteiger partial charge is 0.224 e. The van der Waals surface area contributed by atoms with E-state index in [9.17, 15) is 21.6 Å². The van der Waals surface area contributed by atoms with Crippen molar-refractivity contribution < 1.29 is 21.6 Å². The molecular formula is C9H16N2O5S2. The zero-order chi connectivity index (χ0) is 13.4. The Labute approximate surface area is 106 Å². The van der Waals surface area contributed by atoms with Gasteiger partial charge in [-0.2, -0.15) is 0 Å². The minimum absolute atomic E-state index is 0.00316. The average Bonchev–Trinajstić information content (AvgIpc) is 2.78. The minimum Gasteiger partial charge on any atom is -0.277 e. The van der Waals surface area contributed by atoms with Crippen LogP contribution < -0.4 is 5.43 Å². The van der Waals surface area contributed by atoms with Crippen LogP contribution in [0.2, 0.25) is 0 Å². The Morgan fingerprint density at radius 3 is 2.06 bits per heavy atom. The van der Waals surface area contributed by atoms with Gasteiger partial charge in [0.05, 0.1) is 29.1 Å². The molecule has 2 saturated heterocycles. The molecule has 9 heteroatoms. The number of carbonyl (C=O) groups excluding carboxylic acids is 1. The van der Waals surface area contributed by atoms with Gasteiger partial charge in [-0.15, -0.1) is 0 Å². The lowest BCUT2D eigenvalue weighted by Crippen LogP contribution is -2.50. The van der Waals surface area contributed by atoms with Crippen molar-refractivity contribution in [3.8, 4) is 0 Å². The number of nitrogens with zero attached hydrogens (tertiary/aromatic N) is 1. The van der Waals surface area contributed by atoms with Crippen LogP contribution in [-0.4, -0.2) is 63.3 Å². The van der Waals surface area contributed by atoms with Crippen molar-refractivity contribution in [2.75, 3.05) is 23.0 Å². The fraction of sp³-hybridized carbons (Fsp3) is 0.889. The van der Waals surface area contributed by atoms with Gasteiger partial charge >= 0.3 is 0 Å². The van der Waals surface area contributed by atoms with Crippen LogP contribution in [0, 0.1) is 0 Å². The highest BCUT2D eigenvalue weighted by Crippen LogP contribution is 2.17. The van der Waals surface area contributed by atoms with Crippen molar-refractivity contribution in [1.29, 1.82) is 0 Å². The summed E-state index contributed by atoms with van der Waals surface area (Å²) in [6.45, 7) is 0. The first kappa shape index (κ1) is 13.8. The SMILES string of the molecule is O=CN(N[C@H]1CCS(=O)(=O)C1)[C@H]1CCS(=O)(=O)C1. The van der Waals surface area contributed by atoms with E-state index >= 15 is 0 Å². The van der Waals surface area contributed by atoms with E-state index in [4.69, 9.17) is 0 Å². The molecule has 2 heterocycles. The second-order valence-corrected chi connectivity index (χ2v) is 9.26. The molecule has 7 nitrogen and oxygen atoms in total. The second kappa shape index (κ2) is 4.78. The van der Waals surface area contributed by atoms with E-state index in [0.717, 1.165) is 0 Å². The Kier molecular flexibility index (Phi) is 3.65. The fourth-order valence-electron chi connectivity index (χ4n) is 2.32. The third kappa shape index (κ3) is 3.21. The molecule has 0 aromatic rings. The van der Waals surface area contributed by atoms with Crippen molar-refractivity contribution >= 4 is 26.1 Å². The van der Waals surface area contributed by atoms with E-state index in [1.54, 1.807) is 0 Å². The van der Waals surface area contributed by atoms with Crippen molar-refractivity contribution in [3.05, 3.63) is 0 Å². The number of hydrogen-bond donors (Lipinski definition) is 1. The number of carbonyl (C=O) groups is 1. The third-order valence-electron chi connectivity index (χ3n) is 3.28. The standard InChI is InChI=1S/C9H16N2O5S2/c12-7-11(9-2-4-18(15,16)6-9)10-8-1-3-17(13,14)5-8/h7-10H,1-6H2/t8-,9-/m0/s1. The van der Waals surface area contributed by atoms with Gasteiger partial charge in [-0.05, 0) is 12.8 Å². The van der Waals surface area contributed by atoms with Crippen molar-refractivity contribution in [3.63, 3.8) is 0 Å². The molecule has 0 radical (unpaired) electrons. The van der Waals surface area contributed by atoms with E-state index in [0.29, 0.717) is 19.3 Å². The lowest BCUT2D eigenvalue weighted by molar-refractivity contribution is -0.123. The predicted molar refractivity (Wildman–Crippen MR) is 65.2 cm³/mol. The summed E-state index contributed by atoms with van der Waals surface area (Å²) in [5, 5.41) is 1.22. The van der Waals surface area contributed by atoms with Crippen molar-refractivity contribution in [2.45, 2.75) is 24.9 Å². The first-order valence-corrected chi connectivity index (χ1v) is 9.36. The van der Waals surface area contributed by atoms with E-state index in [-0.39, 0.29) is 29.1 Å². The van der Waals surface area contributed by atoms with Crippen LogP contribution in [0.15, 0.2) is 0 Å². The number of amides is 1. The topological polar surface area (TPSA) is 101 Å². The van der Waals surface area contributed by atoms with Gasteiger partial charge in [-0.1, -0.05) is 0 Å². The number of hydrazine groups is 1. The van der Waals surface area contributed by atoms with Gasteiger partial charge in [-0.3, -0.25) is 9.80 Å². The molecule has 0 spiro atoms. The summed E-state index contributed by atoms with van der Waals surface area (Å²) >= 11 is 0. The molecule has 2 aliphatic heterocycles. The molecule has 0 aliphatic carbocycles. The summed E-state index contributed by atoms with van der Waals surface area (Å²) in [7, 11) is -6.08. The van der Waals surface area contributed by atoms with Crippen LogP contribution >= 0.6 is 0 Å². The lowest BCUT2D eigenvalue weighted by Gasteiger charge is -2.27. The normalized spacial score (nSPS) is 33.3. The molecule has 1 amide bonds. The van der Waals surface area contributed by atoms with Gasteiger partial charge in [0.25, 0.3) is 0 Å². The third-order valence-corrected chi connectivity index (χ3v) is 6.80.